The summed E-state index contributed by atoms with van der Waals surface area (Å²) >= 11 is 0. The van der Waals surface area contributed by atoms with Crippen LogP contribution in [0, 0.1) is 0 Å². The van der Waals surface area contributed by atoms with Gasteiger partial charge in [0.15, 0.2) is 0 Å². The summed E-state index contributed by atoms with van der Waals surface area (Å²) in [5.74, 6) is -0.887. The van der Waals surface area contributed by atoms with E-state index in [-0.39, 0.29) is 17.7 Å². The van der Waals surface area contributed by atoms with Crippen molar-refractivity contribution in [1.29, 1.82) is 0 Å². The molecule has 0 aliphatic carbocycles. The number of amides is 5. The molecule has 9 heteroatoms. The lowest BCUT2D eigenvalue weighted by Crippen LogP contribution is -2.61. The Labute approximate surface area is 197 Å². The quantitative estimate of drug-likeness (QED) is 0.664. The standard InChI is InChI=1S/C25H26N4O5/c1-15-11-12-25(2,23(32)26-15)29-21(30)19-10-5-7-16(20(19)22(29)31)14-28(3)24(33)27-17-8-6-9-18(13-17)34-4/h5-10,13H,1,11-12,14H2,2-4H3,(H,26,32)(H,27,33)/t25-/m0/s1. The number of fused-ring (bicyclic) bond motifs is 1. The molecule has 176 valence electrons. The molecular formula is C25H26N4O5. The number of nitrogens with one attached hydrogen (secondary N) is 2. The number of piperidine rings is 1. The predicted molar refractivity (Wildman–Crippen MR) is 125 cm³/mol. The second kappa shape index (κ2) is 8.66. The van der Waals surface area contributed by atoms with E-state index >= 15 is 0 Å². The van der Waals surface area contributed by atoms with Crippen molar-refractivity contribution in [3.8, 4) is 5.75 Å². The zero-order valence-corrected chi connectivity index (χ0v) is 19.3. The molecule has 2 aromatic carbocycles. The number of carbonyl (C=O) groups is 4. The van der Waals surface area contributed by atoms with Gasteiger partial charge >= 0.3 is 6.03 Å². The van der Waals surface area contributed by atoms with Crippen molar-refractivity contribution in [2.24, 2.45) is 0 Å². The third kappa shape index (κ3) is 3.89. The summed E-state index contributed by atoms with van der Waals surface area (Å²) in [6.45, 7) is 5.44. The summed E-state index contributed by atoms with van der Waals surface area (Å²) in [5, 5.41) is 5.44. The summed E-state index contributed by atoms with van der Waals surface area (Å²) in [6.07, 6.45) is 0.761. The first kappa shape index (κ1) is 23.0. The highest BCUT2D eigenvalue weighted by atomic mass is 16.5. The fraction of sp³-hybridized carbons (Fsp3) is 0.280. The molecule has 2 N–H and O–H groups in total. The Hall–Kier alpha value is -4.14. The molecule has 2 aliphatic heterocycles. The van der Waals surface area contributed by atoms with E-state index in [1.807, 2.05) is 0 Å². The number of allylic oxidation sites excluding steroid dienone is 1. The number of carbonyl (C=O) groups excluding carboxylic acids is 4. The normalized spacial score (nSPS) is 19.6. The zero-order valence-electron chi connectivity index (χ0n) is 19.3. The first-order valence-corrected chi connectivity index (χ1v) is 10.8. The van der Waals surface area contributed by atoms with Gasteiger partial charge in [0.2, 0.25) is 5.91 Å². The summed E-state index contributed by atoms with van der Waals surface area (Å²) in [5.41, 5.74) is 0.759. The highest BCUT2D eigenvalue weighted by Gasteiger charge is 2.52. The lowest BCUT2D eigenvalue weighted by Gasteiger charge is -2.39. The van der Waals surface area contributed by atoms with Crippen molar-refractivity contribution in [3.05, 3.63) is 71.4 Å². The molecule has 1 saturated heterocycles. The van der Waals surface area contributed by atoms with Crippen molar-refractivity contribution in [2.45, 2.75) is 31.8 Å². The van der Waals surface area contributed by atoms with Crippen LogP contribution in [0.2, 0.25) is 0 Å². The summed E-state index contributed by atoms with van der Waals surface area (Å²) in [4.78, 5) is 54.6. The number of benzene rings is 2. The highest BCUT2D eigenvalue weighted by molar-refractivity contribution is 6.24. The topological polar surface area (TPSA) is 108 Å². The Balaban J connectivity index is 1.56. The van der Waals surface area contributed by atoms with Gasteiger partial charge in [0, 0.05) is 31.0 Å². The van der Waals surface area contributed by atoms with Gasteiger partial charge in [-0.25, -0.2) is 4.79 Å². The Morgan fingerprint density at radius 1 is 1.21 bits per heavy atom. The van der Waals surface area contributed by atoms with E-state index in [2.05, 4.69) is 17.2 Å². The number of rotatable bonds is 5. The average molecular weight is 463 g/mol. The maximum absolute atomic E-state index is 13.4. The van der Waals surface area contributed by atoms with Crippen LogP contribution in [-0.4, -0.2) is 53.2 Å². The van der Waals surface area contributed by atoms with Crippen LogP contribution in [0.1, 0.15) is 46.0 Å². The molecule has 1 atom stereocenters. The Kier molecular flexibility index (Phi) is 5.87. The Bertz CT molecular complexity index is 1220. The van der Waals surface area contributed by atoms with Gasteiger partial charge in [-0.1, -0.05) is 24.8 Å². The lowest BCUT2D eigenvalue weighted by molar-refractivity contribution is -0.131. The minimum atomic E-state index is -1.32. The van der Waals surface area contributed by atoms with Crippen LogP contribution in [0.5, 0.6) is 5.75 Å². The molecule has 5 amide bonds. The van der Waals surface area contributed by atoms with Crippen LogP contribution < -0.4 is 15.4 Å². The van der Waals surface area contributed by atoms with E-state index in [0.29, 0.717) is 35.5 Å². The van der Waals surface area contributed by atoms with E-state index < -0.39 is 29.3 Å². The molecule has 0 radical (unpaired) electrons. The van der Waals surface area contributed by atoms with Gasteiger partial charge in [0.25, 0.3) is 11.8 Å². The molecule has 34 heavy (non-hydrogen) atoms. The maximum Gasteiger partial charge on any atom is 0.321 e. The number of hydrogen-bond acceptors (Lipinski definition) is 5. The molecule has 0 saturated carbocycles. The third-order valence-corrected chi connectivity index (χ3v) is 6.26. The number of nitrogens with zero attached hydrogens (tertiary/aromatic N) is 2. The number of ether oxygens (including phenoxy) is 1. The van der Waals surface area contributed by atoms with Gasteiger partial charge < -0.3 is 20.3 Å². The smallest absolute Gasteiger partial charge is 0.321 e. The zero-order chi connectivity index (χ0) is 24.6. The Morgan fingerprint density at radius 2 is 1.94 bits per heavy atom. The molecule has 0 bridgehead atoms. The lowest BCUT2D eigenvalue weighted by atomic mass is 9.88. The number of anilines is 1. The number of hydrogen-bond donors (Lipinski definition) is 2. The second-order valence-corrected chi connectivity index (χ2v) is 8.64. The predicted octanol–water partition coefficient (Wildman–Crippen LogP) is 3.14. The average Bonchev–Trinajstić information content (AvgIpc) is 3.08. The molecule has 0 unspecified atom stereocenters. The van der Waals surface area contributed by atoms with Crippen LogP contribution in [0.25, 0.3) is 0 Å². The van der Waals surface area contributed by atoms with Gasteiger partial charge in [-0.15, -0.1) is 0 Å². The van der Waals surface area contributed by atoms with Crippen molar-refractivity contribution in [1.82, 2.24) is 15.1 Å². The highest BCUT2D eigenvalue weighted by Crippen LogP contribution is 2.36. The Morgan fingerprint density at radius 3 is 2.65 bits per heavy atom. The van der Waals surface area contributed by atoms with Gasteiger partial charge in [0.1, 0.15) is 11.3 Å². The van der Waals surface area contributed by atoms with Gasteiger partial charge in [-0.2, -0.15) is 0 Å². The molecule has 2 heterocycles. The van der Waals surface area contributed by atoms with Crippen LogP contribution >= 0.6 is 0 Å². The minimum Gasteiger partial charge on any atom is -0.497 e. The van der Waals surface area contributed by atoms with Crippen molar-refractivity contribution < 1.29 is 23.9 Å². The fourth-order valence-electron chi connectivity index (χ4n) is 4.26. The van der Waals surface area contributed by atoms with Crippen molar-refractivity contribution >= 4 is 29.4 Å². The molecule has 1 fully saturated rings. The third-order valence-electron chi connectivity index (χ3n) is 6.26. The van der Waals surface area contributed by atoms with Crippen molar-refractivity contribution in [2.75, 3.05) is 19.5 Å². The van der Waals surface area contributed by atoms with Crippen LogP contribution in [0.3, 0.4) is 0 Å². The van der Waals surface area contributed by atoms with E-state index in [4.69, 9.17) is 4.74 Å². The van der Waals surface area contributed by atoms with E-state index in [1.54, 1.807) is 56.4 Å². The summed E-state index contributed by atoms with van der Waals surface area (Å²) in [7, 11) is 3.13. The van der Waals surface area contributed by atoms with Crippen LogP contribution in [0.15, 0.2) is 54.7 Å². The monoisotopic (exact) mass is 462 g/mol. The number of imide groups is 1. The number of urea groups is 1. The summed E-state index contributed by atoms with van der Waals surface area (Å²) < 4.78 is 5.17. The molecule has 9 nitrogen and oxygen atoms in total. The molecular weight excluding hydrogens is 436 g/mol. The van der Waals surface area contributed by atoms with Gasteiger partial charge in [0.05, 0.1) is 18.2 Å². The van der Waals surface area contributed by atoms with Crippen molar-refractivity contribution in [3.63, 3.8) is 0 Å². The minimum absolute atomic E-state index is 0.0888. The van der Waals surface area contributed by atoms with Gasteiger partial charge in [-0.05, 0) is 43.5 Å². The molecule has 0 aromatic heterocycles. The molecule has 2 aliphatic rings. The van der Waals surface area contributed by atoms with Crippen LogP contribution in [-0.2, 0) is 11.3 Å². The first-order valence-electron chi connectivity index (χ1n) is 10.8. The van der Waals surface area contributed by atoms with Gasteiger partial charge in [-0.3, -0.25) is 19.3 Å². The fourth-order valence-corrected chi connectivity index (χ4v) is 4.26. The maximum atomic E-state index is 13.4. The largest absolute Gasteiger partial charge is 0.497 e. The molecule has 2 aromatic rings. The number of methoxy groups -OCH3 is 1. The molecule has 0 spiro atoms. The van der Waals surface area contributed by atoms with E-state index in [9.17, 15) is 19.2 Å². The molecule has 4 rings (SSSR count). The van der Waals surface area contributed by atoms with Crippen LogP contribution in [0.4, 0.5) is 10.5 Å². The van der Waals surface area contributed by atoms with E-state index in [0.717, 1.165) is 4.90 Å². The second-order valence-electron chi connectivity index (χ2n) is 8.64. The SMILES string of the molecule is C=C1CC[C@](C)(N2C(=O)c3cccc(CN(C)C(=O)Nc4cccc(OC)c4)c3C2=O)C(=O)N1. The summed E-state index contributed by atoms with van der Waals surface area (Å²) in [6, 6.07) is 11.5. The van der Waals surface area contributed by atoms with E-state index in [1.165, 1.54) is 12.0 Å². The first-order chi connectivity index (χ1) is 16.2.